The van der Waals surface area contributed by atoms with Gasteiger partial charge in [-0.15, -0.1) is 0 Å². The first-order valence-corrected chi connectivity index (χ1v) is 9.06. The van der Waals surface area contributed by atoms with Gasteiger partial charge in [0.2, 0.25) is 0 Å². The minimum Gasteiger partial charge on any atom is -0.489 e. The fourth-order valence-corrected chi connectivity index (χ4v) is 3.64. The molecule has 0 bridgehead atoms. The van der Waals surface area contributed by atoms with Crippen molar-refractivity contribution in [2.24, 2.45) is 0 Å². The first-order valence-electron chi connectivity index (χ1n) is 9.06. The molecule has 3 aromatic carbocycles. The van der Waals surface area contributed by atoms with Gasteiger partial charge < -0.3 is 9.84 Å². The quantitative estimate of drug-likeness (QED) is 0.477. The zero-order chi connectivity index (χ0) is 18.8. The van der Waals surface area contributed by atoms with Crippen LogP contribution in [-0.2, 0) is 11.4 Å². The predicted molar refractivity (Wildman–Crippen MR) is 107 cm³/mol. The maximum atomic E-state index is 11.8. The van der Waals surface area contributed by atoms with Crippen LogP contribution in [-0.4, -0.2) is 11.1 Å². The van der Waals surface area contributed by atoms with Gasteiger partial charge >= 0.3 is 5.97 Å². The van der Waals surface area contributed by atoms with Gasteiger partial charge in [0, 0.05) is 11.1 Å². The first kappa shape index (κ1) is 17.1. The van der Waals surface area contributed by atoms with E-state index in [4.69, 9.17) is 4.74 Å². The molecule has 0 heterocycles. The largest absolute Gasteiger partial charge is 0.489 e. The van der Waals surface area contributed by atoms with Crippen LogP contribution in [0.5, 0.6) is 5.75 Å². The summed E-state index contributed by atoms with van der Waals surface area (Å²) in [6.45, 7) is 2.38. The third kappa shape index (κ3) is 3.13. The average Bonchev–Trinajstić information content (AvgIpc) is 3.02. The highest BCUT2D eigenvalue weighted by Gasteiger charge is 2.27. The Morgan fingerprint density at radius 3 is 2.22 bits per heavy atom. The Kier molecular flexibility index (Phi) is 4.51. The van der Waals surface area contributed by atoms with Crippen LogP contribution in [0.4, 0.5) is 0 Å². The van der Waals surface area contributed by atoms with Crippen LogP contribution in [0.25, 0.3) is 16.7 Å². The smallest absolute Gasteiger partial charge is 0.332 e. The molecule has 134 valence electrons. The summed E-state index contributed by atoms with van der Waals surface area (Å²) >= 11 is 0. The molecule has 0 spiro atoms. The molecule has 1 aliphatic rings. The summed E-state index contributed by atoms with van der Waals surface area (Å²) in [7, 11) is 0. The number of fused-ring (bicyclic) bond motifs is 3. The van der Waals surface area contributed by atoms with Crippen molar-refractivity contribution in [3.05, 3.63) is 95.1 Å². The Bertz CT molecular complexity index is 1030. The zero-order valence-electron chi connectivity index (χ0n) is 15.1. The molecule has 3 nitrogen and oxygen atoms in total. The summed E-state index contributed by atoms with van der Waals surface area (Å²) in [5.41, 5.74) is 6.40. The third-order valence-corrected chi connectivity index (χ3v) is 4.91. The number of hydrogen-bond donors (Lipinski definition) is 1. The molecule has 0 atom stereocenters. The van der Waals surface area contributed by atoms with Crippen molar-refractivity contribution in [3.8, 4) is 16.9 Å². The van der Waals surface area contributed by atoms with Crippen LogP contribution in [0.15, 0.2) is 78.4 Å². The summed E-state index contributed by atoms with van der Waals surface area (Å²) in [6, 6.07) is 23.9. The number of rotatable bonds is 5. The van der Waals surface area contributed by atoms with Gasteiger partial charge in [-0.3, -0.25) is 0 Å². The van der Waals surface area contributed by atoms with Crippen LogP contribution < -0.4 is 4.74 Å². The molecule has 0 fully saturated rings. The maximum absolute atomic E-state index is 11.8. The van der Waals surface area contributed by atoms with E-state index in [-0.39, 0.29) is 0 Å². The number of carbonyl (C=O) groups is 1. The van der Waals surface area contributed by atoms with Crippen molar-refractivity contribution in [1.82, 2.24) is 0 Å². The van der Waals surface area contributed by atoms with Gasteiger partial charge in [-0.25, -0.2) is 4.79 Å². The van der Waals surface area contributed by atoms with E-state index in [1.54, 1.807) is 0 Å². The van der Waals surface area contributed by atoms with Crippen molar-refractivity contribution >= 4 is 11.5 Å². The van der Waals surface area contributed by atoms with Crippen LogP contribution in [0.1, 0.15) is 30.0 Å². The lowest BCUT2D eigenvalue weighted by Gasteiger charge is -2.10. The number of carboxylic acid groups (broad SMARTS) is 1. The molecular formula is C24H20O3. The SMILES string of the molecule is CCC(C(=O)O)=C1c2ccccc2-c2cc(OCc3ccccc3)ccc21. The summed E-state index contributed by atoms with van der Waals surface area (Å²) in [6.07, 6.45) is 0.477. The Hall–Kier alpha value is -3.33. The molecular weight excluding hydrogens is 336 g/mol. The molecule has 0 amide bonds. The van der Waals surface area contributed by atoms with Gasteiger partial charge in [0.25, 0.3) is 0 Å². The van der Waals surface area contributed by atoms with E-state index in [1.807, 2.05) is 79.7 Å². The lowest BCUT2D eigenvalue weighted by molar-refractivity contribution is -0.132. The minimum atomic E-state index is -0.862. The van der Waals surface area contributed by atoms with Crippen molar-refractivity contribution < 1.29 is 14.6 Å². The van der Waals surface area contributed by atoms with Crippen molar-refractivity contribution in [2.75, 3.05) is 0 Å². The van der Waals surface area contributed by atoms with Gasteiger partial charge in [-0.1, -0.05) is 67.6 Å². The van der Waals surface area contributed by atoms with E-state index in [2.05, 4.69) is 0 Å². The highest BCUT2D eigenvalue weighted by Crippen LogP contribution is 2.47. The molecule has 1 aliphatic carbocycles. The monoisotopic (exact) mass is 356 g/mol. The summed E-state index contributed by atoms with van der Waals surface area (Å²) in [5.74, 6) is -0.0819. The Balaban J connectivity index is 1.76. The van der Waals surface area contributed by atoms with E-state index in [9.17, 15) is 9.90 Å². The molecule has 0 radical (unpaired) electrons. The normalized spacial score (nSPS) is 13.7. The first-order chi connectivity index (χ1) is 13.2. The molecule has 3 aromatic rings. The van der Waals surface area contributed by atoms with Crippen LogP contribution in [0.2, 0.25) is 0 Å². The molecule has 1 N–H and O–H groups in total. The van der Waals surface area contributed by atoms with Gasteiger partial charge in [0.05, 0.1) is 0 Å². The van der Waals surface area contributed by atoms with Crippen molar-refractivity contribution in [2.45, 2.75) is 20.0 Å². The Morgan fingerprint density at radius 1 is 0.852 bits per heavy atom. The summed E-state index contributed by atoms with van der Waals surface area (Å²) in [5, 5.41) is 9.67. The fourth-order valence-electron chi connectivity index (χ4n) is 3.64. The predicted octanol–water partition coefficient (Wildman–Crippen LogP) is 5.54. The minimum absolute atomic E-state index is 0.444. The van der Waals surface area contributed by atoms with Gasteiger partial charge in [-0.05, 0) is 46.4 Å². The molecule has 27 heavy (non-hydrogen) atoms. The molecule has 0 saturated carbocycles. The van der Waals surface area contributed by atoms with E-state index < -0.39 is 5.97 Å². The number of aliphatic carboxylic acids is 1. The molecule has 0 unspecified atom stereocenters. The number of hydrogen-bond acceptors (Lipinski definition) is 2. The van der Waals surface area contributed by atoms with Gasteiger partial charge in [-0.2, -0.15) is 0 Å². The second kappa shape index (κ2) is 7.12. The fraction of sp³-hybridized carbons (Fsp3) is 0.125. The summed E-state index contributed by atoms with van der Waals surface area (Å²) < 4.78 is 5.97. The molecule has 3 heteroatoms. The highest BCUT2D eigenvalue weighted by atomic mass is 16.5. The van der Waals surface area contributed by atoms with Crippen LogP contribution >= 0.6 is 0 Å². The van der Waals surface area contributed by atoms with E-state index in [1.165, 1.54) is 0 Å². The number of ether oxygens (including phenoxy) is 1. The van der Waals surface area contributed by atoms with E-state index in [0.29, 0.717) is 18.6 Å². The lowest BCUT2D eigenvalue weighted by Crippen LogP contribution is -2.03. The Labute approximate surface area is 158 Å². The average molecular weight is 356 g/mol. The van der Waals surface area contributed by atoms with Crippen molar-refractivity contribution in [3.63, 3.8) is 0 Å². The number of carboxylic acids is 1. The topological polar surface area (TPSA) is 46.5 Å². The second-order valence-corrected chi connectivity index (χ2v) is 6.54. The van der Waals surface area contributed by atoms with E-state index >= 15 is 0 Å². The molecule has 0 saturated heterocycles. The highest BCUT2D eigenvalue weighted by molar-refractivity contribution is 6.09. The standard InChI is InChI=1S/C24H20O3/c1-2-18(24(25)26)23-20-11-7-6-10-19(20)22-14-17(12-13-21(22)23)27-15-16-8-4-3-5-9-16/h3-14H,2,15H2,1H3,(H,25,26). The van der Waals surface area contributed by atoms with Gasteiger partial charge in [0.1, 0.15) is 12.4 Å². The zero-order valence-corrected chi connectivity index (χ0v) is 15.1. The molecule has 0 aromatic heterocycles. The Morgan fingerprint density at radius 2 is 1.52 bits per heavy atom. The van der Waals surface area contributed by atoms with Gasteiger partial charge in [0.15, 0.2) is 0 Å². The third-order valence-electron chi connectivity index (χ3n) is 4.91. The van der Waals surface area contributed by atoms with Crippen LogP contribution in [0, 0.1) is 0 Å². The maximum Gasteiger partial charge on any atom is 0.332 e. The summed E-state index contributed by atoms with van der Waals surface area (Å²) in [4.78, 5) is 11.8. The van der Waals surface area contributed by atoms with Crippen LogP contribution in [0.3, 0.4) is 0 Å². The second-order valence-electron chi connectivity index (χ2n) is 6.54. The molecule has 4 rings (SSSR count). The lowest BCUT2D eigenvalue weighted by atomic mass is 9.96. The van der Waals surface area contributed by atoms with Crippen molar-refractivity contribution in [1.29, 1.82) is 0 Å². The molecule has 0 aliphatic heterocycles. The number of benzene rings is 3. The van der Waals surface area contributed by atoms with E-state index in [0.717, 1.165) is 39.1 Å².